The topological polar surface area (TPSA) is 70.1 Å². The number of hydrogen-bond acceptors (Lipinski definition) is 4. The van der Waals surface area contributed by atoms with Gasteiger partial charge in [0.25, 0.3) is 0 Å². The van der Waals surface area contributed by atoms with Crippen LogP contribution in [0, 0.1) is 0 Å². The Morgan fingerprint density at radius 2 is 2.00 bits per heavy atom. The van der Waals surface area contributed by atoms with E-state index >= 15 is 0 Å². The van der Waals surface area contributed by atoms with E-state index in [0.717, 1.165) is 18.7 Å². The Bertz CT molecular complexity index is 609. The molecule has 1 aliphatic heterocycles. The van der Waals surface area contributed by atoms with Crippen LogP contribution in [0.2, 0.25) is 0 Å². The molecule has 0 aliphatic carbocycles. The van der Waals surface area contributed by atoms with Crippen LogP contribution in [-0.4, -0.2) is 58.2 Å². The zero-order chi connectivity index (χ0) is 17.9. The van der Waals surface area contributed by atoms with Crippen LogP contribution in [0.5, 0.6) is 0 Å². The Labute approximate surface area is 143 Å². The lowest BCUT2D eigenvalue weighted by Gasteiger charge is -2.40. The number of carboxylic acid groups (broad SMARTS) is 1. The van der Waals surface area contributed by atoms with Crippen molar-refractivity contribution in [2.45, 2.75) is 45.9 Å². The highest BCUT2D eigenvalue weighted by Crippen LogP contribution is 2.17. The molecule has 1 heterocycles. The van der Waals surface area contributed by atoms with E-state index in [1.165, 1.54) is 0 Å². The monoisotopic (exact) mass is 334 g/mol. The molecule has 1 aliphatic rings. The number of aromatic carboxylic acids is 1. The summed E-state index contributed by atoms with van der Waals surface area (Å²) < 4.78 is 5.45. The van der Waals surface area contributed by atoms with Crippen molar-refractivity contribution >= 4 is 12.1 Å². The smallest absolute Gasteiger partial charge is 0.410 e. The Kier molecular flexibility index (Phi) is 5.49. The van der Waals surface area contributed by atoms with Gasteiger partial charge in [0.05, 0.1) is 5.56 Å². The summed E-state index contributed by atoms with van der Waals surface area (Å²) in [4.78, 5) is 27.3. The van der Waals surface area contributed by atoms with E-state index in [1.807, 2.05) is 33.8 Å². The Morgan fingerprint density at radius 1 is 1.29 bits per heavy atom. The maximum Gasteiger partial charge on any atom is 0.410 e. The lowest BCUT2D eigenvalue weighted by Crippen LogP contribution is -2.54. The molecule has 0 unspecified atom stereocenters. The van der Waals surface area contributed by atoms with Gasteiger partial charge >= 0.3 is 12.1 Å². The van der Waals surface area contributed by atoms with Gasteiger partial charge in [0.2, 0.25) is 0 Å². The Hall–Kier alpha value is -2.08. The van der Waals surface area contributed by atoms with Gasteiger partial charge in [-0.25, -0.2) is 9.59 Å². The largest absolute Gasteiger partial charge is 0.478 e. The van der Waals surface area contributed by atoms with Crippen LogP contribution < -0.4 is 0 Å². The number of amides is 1. The summed E-state index contributed by atoms with van der Waals surface area (Å²) in [6.45, 7) is 10.3. The minimum atomic E-state index is -0.917. The van der Waals surface area contributed by atoms with Crippen molar-refractivity contribution in [2.24, 2.45) is 0 Å². The third-order valence-electron chi connectivity index (χ3n) is 3.92. The minimum absolute atomic E-state index is 0.0521. The first kappa shape index (κ1) is 18.3. The number of rotatable bonds is 3. The Morgan fingerprint density at radius 3 is 2.58 bits per heavy atom. The molecule has 132 valence electrons. The number of piperazine rings is 1. The first-order valence-electron chi connectivity index (χ1n) is 8.20. The lowest BCUT2D eigenvalue weighted by atomic mass is 10.1. The molecule has 6 heteroatoms. The summed E-state index contributed by atoms with van der Waals surface area (Å²) in [5.41, 5.74) is 0.770. The molecule has 1 aromatic carbocycles. The van der Waals surface area contributed by atoms with Gasteiger partial charge < -0.3 is 14.7 Å². The second-order valence-electron chi connectivity index (χ2n) is 7.26. The molecule has 0 spiro atoms. The fraction of sp³-hybridized carbons (Fsp3) is 0.556. The summed E-state index contributed by atoms with van der Waals surface area (Å²) >= 11 is 0. The quantitative estimate of drug-likeness (QED) is 0.920. The van der Waals surface area contributed by atoms with Gasteiger partial charge in [0, 0.05) is 32.2 Å². The molecule has 1 N–H and O–H groups in total. The molecule has 0 saturated carbocycles. The van der Waals surface area contributed by atoms with Crippen molar-refractivity contribution in [3.8, 4) is 0 Å². The number of nitrogens with zero attached hydrogens (tertiary/aromatic N) is 2. The van der Waals surface area contributed by atoms with Crippen LogP contribution in [-0.2, 0) is 11.3 Å². The zero-order valence-corrected chi connectivity index (χ0v) is 14.8. The highest BCUT2D eigenvalue weighted by Gasteiger charge is 2.30. The normalized spacial score (nSPS) is 19.2. The molecule has 6 nitrogen and oxygen atoms in total. The molecule has 1 amide bonds. The fourth-order valence-electron chi connectivity index (χ4n) is 2.83. The van der Waals surface area contributed by atoms with Crippen molar-refractivity contribution in [2.75, 3.05) is 19.6 Å². The standard InChI is InChI=1S/C18H26N2O4/c1-13-11-19(8-9-20(13)17(23)24-18(2,3)4)12-14-6-5-7-15(10-14)16(21)22/h5-7,10,13H,8-9,11-12H2,1-4H3,(H,21,22)/t13-/m0/s1. The molecule has 1 saturated heterocycles. The summed E-state index contributed by atoms with van der Waals surface area (Å²) in [6.07, 6.45) is -0.275. The average Bonchev–Trinajstić information content (AvgIpc) is 2.45. The van der Waals surface area contributed by atoms with Crippen LogP contribution in [0.25, 0.3) is 0 Å². The maximum absolute atomic E-state index is 12.2. The number of ether oxygens (including phenoxy) is 1. The molecular formula is C18H26N2O4. The number of carbonyl (C=O) groups excluding carboxylic acids is 1. The van der Waals surface area contributed by atoms with Crippen molar-refractivity contribution in [1.29, 1.82) is 0 Å². The predicted octanol–water partition coefficient (Wildman–Crippen LogP) is 2.83. The minimum Gasteiger partial charge on any atom is -0.478 e. The third-order valence-corrected chi connectivity index (χ3v) is 3.92. The zero-order valence-electron chi connectivity index (χ0n) is 14.8. The van der Waals surface area contributed by atoms with Gasteiger partial charge in [-0.1, -0.05) is 12.1 Å². The highest BCUT2D eigenvalue weighted by molar-refractivity contribution is 5.87. The van der Waals surface area contributed by atoms with E-state index in [-0.39, 0.29) is 12.1 Å². The molecule has 1 aromatic rings. The van der Waals surface area contributed by atoms with Gasteiger partial charge in [-0.15, -0.1) is 0 Å². The van der Waals surface area contributed by atoms with Crippen molar-refractivity contribution in [1.82, 2.24) is 9.80 Å². The molecule has 24 heavy (non-hydrogen) atoms. The number of hydrogen-bond donors (Lipinski definition) is 1. The molecule has 0 radical (unpaired) electrons. The second-order valence-corrected chi connectivity index (χ2v) is 7.26. The first-order chi connectivity index (χ1) is 11.2. The number of benzene rings is 1. The molecule has 0 aromatic heterocycles. The SMILES string of the molecule is C[C@H]1CN(Cc2cccc(C(=O)O)c2)CCN1C(=O)OC(C)(C)C. The molecule has 0 bridgehead atoms. The van der Waals surface area contributed by atoms with Crippen molar-refractivity contribution < 1.29 is 19.4 Å². The van der Waals surface area contributed by atoms with Crippen LogP contribution >= 0.6 is 0 Å². The summed E-state index contributed by atoms with van der Waals surface area (Å²) in [6, 6.07) is 7.04. The van der Waals surface area contributed by atoms with Gasteiger partial charge in [-0.05, 0) is 45.4 Å². The van der Waals surface area contributed by atoms with E-state index in [4.69, 9.17) is 9.84 Å². The Balaban J connectivity index is 1.95. The molecular weight excluding hydrogens is 308 g/mol. The average molecular weight is 334 g/mol. The van der Waals surface area contributed by atoms with Crippen LogP contribution in [0.3, 0.4) is 0 Å². The van der Waals surface area contributed by atoms with E-state index in [0.29, 0.717) is 18.7 Å². The summed E-state index contributed by atoms with van der Waals surface area (Å²) in [7, 11) is 0. The maximum atomic E-state index is 12.2. The molecule has 1 atom stereocenters. The van der Waals surface area contributed by atoms with E-state index in [2.05, 4.69) is 4.90 Å². The summed E-state index contributed by atoms with van der Waals surface area (Å²) in [5.74, 6) is -0.917. The van der Waals surface area contributed by atoms with Gasteiger partial charge in [0.15, 0.2) is 0 Å². The lowest BCUT2D eigenvalue weighted by molar-refractivity contribution is 0.000532. The van der Waals surface area contributed by atoms with Crippen molar-refractivity contribution in [3.63, 3.8) is 0 Å². The van der Waals surface area contributed by atoms with Crippen LogP contribution in [0.4, 0.5) is 4.79 Å². The van der Waals surface area contributed by atoms with Gasteiger partial charge in [-0.3, -0.25) is 4.90 Å². The molecule has 1 fully saturated rings. The summed E-state index contributed by atoms with van der Waals surface area (Å²) in [5, 5.41) is 9.07. The van der Waals surface area contributed by atoms with Crippen LogP contribution in [0.1, 0.15) is 43.6 Å². The first-order valence-corrected chi connectivity index (χ1v) is 8.20. The van der Waals surface area contributed by atoms with Crippen molar-refractivity contribution in [3.05, 3.63) is 35.4 Å². The fourth-order valence-corrected chi connectivity index (χ4v) is 2.83. The van der Waals surface area contributed by atoms with E-state index in [9.17, 15) is 9.59 Å². The second kappa shape index (κ2) is 7.21. The van der Waals surface area contributed by atoms with E-state index in [1.54, 1.807) is 23.1 Å². The molecule has 2 rings (SSSR count). The van der Waals surface area contributed by atoms with E-state index < -0.39 is 11.6 Å². The number of carbonyl (C=O) groups is 2. The highest BCUT2D eigenvalue weighted by atomic mass is 16.6. The van der Waals surface area contributed by atoms with Crippen LogP contribution in [0.15, 0.2) is 24.3 Å². The van der Waals surface area contributed by atoms with Gasteiger partial charge in [0.1, 0.15) is 5.60 Å². The number of carboxylic acids is 1. The third kappa shape index (κ3) is 4.96. The van der Waals surface area contributed by atoms with Gasteiger partial charge in [-0.2, -0.15) is 0 Å². The predicted molar refractivity (Wildman–Crippen MR) is 91.1 cm³/mol.